The van der Waals surface area contributed by atoms with Crippen molar-refractivity contribution in [2.24, 2.45) is 29.2 Å². The summed E-state index contributed by atoms with van der Waals surface area (Å²) in [4.78, 5) is 167. The summed E-state index contributed by atoms with van der Waals surface area (Å²) < 4.78 is 0. The van der Waals surface area contributed by atoms with Crippen LogP contribution in [0.15, 0.2) is 30.3 Å². The molecule has 0 aromatic heterocycles. The molecule has 20 N–H and O–H groups in total. The molecular weight excluding hydrogens is 1250 g/mol. The SMILES string of the molecule is CSCC[C@H](NC(=O)[C@H](CC(C)C)NC(=O)[C@H](Cc1ccccc1)NC(=O)[C@@H]1CCCN1C(=O)[C@@H]1CCCN1)C(=O)N[C@@H](CC(C)C)C(=O)N[C@@H](CC(C)C)C(=O)N[C@@H](CCCCN)C(=O)NCC(=O)N[C@@H](CO)C(=O)N[C@H](C(=O)N[C@@H](CCCNC(=N)N)C(=O)O)[C@@H](C)O. The van der Waals surface area contributed by atoms with Crippen LogP contribution in [0.1, 0.15) is 138 Å². The van der Waals surface area contributed by atoms with Gasteiger partial charge in [0, 0.05) is 19.5 Å². The van der Waals surface area contributed by atoms with E-state index >= 15 is 0 Å². The van der Waals surface area contributed by atoms with Crippen molar-refractivity contribution in [3.05, 3.63) is 35.9 Å². The topological polar surface area (TPSA) is 489 Å². The third-order valence-electron chi connectivity index (χ3n) is 15.9. The van der Waals surface area contributed by atoms with Gasteiger partial charge < -0.3 is 95.5 Å². The highest BCUT2D eigenvalue weighted by Gasteiger charge is 2.41. The van der Waals surface area contributed by atoms with Gasteiger partial charge in [0.25, 0.3) is 0 Å². The number of aliphatic hydroxyl groups excluding tert-OH is 2. The molecule has 0 aliphatic carbocycles. The molecule has 0 radical (unpaired) electrons. The Balaban J connectivity index is 1.78. The zero-order valence-corrected chi connectivity index (χ0v) is 57.0. The third-order valence-corrected chi connectivity index (χ3v) is 16.5. The molecule has 2 fully saturated rings. The predicted molar refractivity (Wildman–Crippen MR) is 356 cm³/mol. The molecule has 0 unspecified atom stereocenters. The number of guanidine groups is 1. The number of unbranched alkanes of at least 4 members (excludes halogenated alkanes) is 1. The number of likely N-dealkylation sites (tertiary alicyclic amines) is 1. The number of carboxylic acid groups (broad SMARTS) is 1. The van der Waals surface area contributed by atoms with Crippen molar-refractivity contribution >= 4 is 88.7 Å². The Morgan fingerprint density at radius 2 is 1.13 bits per heavy atom. The Morgan fingerprint density at radius 1 is 0.611 bits per heavy atom. The fourth-order valence-electron chi connectivity index (χ4n) is 10.9. The number of aliphatic hydroxyl groups is 2. The van der Waals surface area contributed by atoms with E-state index in [2.05, 4.69) is 63.8 Å². The fourth-order valence-corrected chi connectivity index (χ4v) is 11.4. The van der Waals surface area contributed by atoms with Gasteiger partial charge in [0.2, 0.25) is 65.0 Å². The average molecular weight is 1360 g/mol. The number of carboxylic acids is 1. The summed E-state index contributed by atoms with van der Waals surface area (Å²) in [5.41, 5.74) is 11.7. The second-order valence-corrected chi connectivity index (χ2v) is 26.5. The van der Waals surface area contributed by atoms with Gasteiger partial charge in [-0.15, -0.1) is 0 Å². The van der Waals surface area contributed by atoms with E-state index in [1.165, 1.54) is 11.8 Å². The Kier molecular flexibility index (Phi) is 36.6. The molecule has 32 heteroatoms. The standard InChI is InChI=1S/C63H106N16O15S/c1-35(2)29-44(54(85)71-40(19-12-13-24-64)52(83)69-33-50(82)70-48(34-80)58(89)78-51(38(7)81)60(91)73-43(62(93)94)21-15-26-68-63(65)66)75-56(87)46(31-37(5)6)74-53(84)41(23-28-95-8)72-55(86)45(30-36(3)4)76-57(88)47(32-39-17-10-9-11-18-39)77-59(90)49-22-16-27-79(49)61(92)42-20-14-25-67-42/h9-11,17-18,35-38,40-49,51,67,80-81H,12-16,19-34,64H2,1-8H3,(H,69,83)(H,70,82)(H,71,85)(H,72,86)(H,73,91)(H,74,84)(H,75,87)(H,76,88)(H,77,90)(H,78,89)(H,93,94)(H4,65,66,68)/t38-,40+,41+,42+,43+,44+,45+,46+,47+,48+,49+,51+/m1/s1. The van der Waals surface area contributed by atoms with E-state index in [9.17, 15) is 72.9 Å². The maximum absolute atomic E-state index is 14.5. The van der Waals surface area contributed by atoms with Gasteiger partial charge in [-0.1, -0.05) is 71.9 Å². The Labute approximate surface area is 560 Å². The van der Waals surface area contributed by atoms with Crippen LogP contribution >= 0.6 is 11.8 Å². The molecule has 3 rings (SSSR count). The van der Waals surface area contributed by atoms with Gasteiger partial charge in [0.05, 0.1) is 25.3 Å². The molecule has 95 heavy (non-hydrogen) atoms. The summed E-state index contributed by atoms with van der Waals surface area (Å²) in [7, 11) is 0. The van der Waals surface area contributed by atoms with Crippen molar-refractivity contribution in [3.63, 3.8) is 0 Å². The summed E-state index contributed by atoms with van der Waals surface area (Å²) in [6, 6.07) is -4.53. The molecule has 2 aliphatic heterocycles. The Bertz CT molecular complexity index is 2710. The van der Waals surface area contributed by atoms with Gasteiger partial charge in [0.15, 0.2) is 5.96 Å². The number of carbonyl (C=O) groups excluding carboxylic acids is 11. The van der Waals surface area contributed by atoms with Gasteiger partial charge >= 0.3 is 5.97 Å². The van der Waals surface area contributed by atoms with Crippen molar-refractivity contribution in [2.75, 3.05) is 51.3 Å². The first kappa shape index (κ1) is 81.6. The minimum Gasteiger partial charge on any atom is -0.480 e. The first-order valence-corrected chi connectivity index (χ1v) is 34.3. The maximum Gasteiger partial charge on any atom is 0.326 e. The first-order chi connectivity index (χ1) is 45.0. The zero-order chi connectivity index (χ0) is 70.9. The van der Waals surface area contributed by atoms with Crippen molar-refractivity contribution in [1.82, 2.24) is 68.7 Å². The van der Waals surface area contributed by atoms with E-state index < -0.39 is 145 Å². The van der Waals surface area contributed by atoms with Crippen molar-refractivity contribution < 1.29 is 72.9 Å². The number of carbonyl (C=O) groups is 12. The molecule has 0 bridgehead atoms. The molecule has 2 heterocycles. The summed E-state index contributed by atoms with van der Waals surface area (Å²) >= 11 is 1.41. The molecule has 0 spiro atoms. The third kappa shape index (κ3) is 29.5. The highest BCUT2D eigenvalue weighted by atomic mass is 32.2. The van der Waals surface area contributed by atoms with E-state index in [0.717, 1.165) is 18.9 Å². The zero-order valence-electron chi connectivity index (χ0n) is 56.1. The lowest BCUT2D eigenvalue weighted by Crippen LogP contribution is -2.61. The van der Waals surface area contributed by atoms with Gasteiger partial charge in [-0.3, -0.25) is 58.1 Å². The number of nitrogens with two attached hydrogens (primary N) is 2. The van der Waals surface area contributed by atoms with Crippen LogP contribution in [0.25, 0.3) is 0 Å². The number of hydrogen-bond donors (Lipinski definition) is 18. The summed E-state index contributed by atoms with van der Waals surface area (Å²) in [5.74, 6) is -10.3. The second-order valence-electron chi connectivity index (χ2n) is 25.5. The number of nitrogens with zero attached hydrogens (tertiary/aromatic N) is 1. The van der Waals surface area contributed by atoms with Crippen LogP contribution in [0.4, 0.5) is 0 Å². The number of nitrogens with one attached hydrogen (secondary N) is 13. The Morgan fingerprint density at radius 3 is 1.62 bits per heavy atom. The lowest BCUT2D eigenvalue weighted by atomic mass is 9.99. The summed E-state index contributed by atoms with van der Waals surface area (Å²) in [6.07, 6.45) is 4.01. The highest BCUT2D eigenvalue weighted by Crippen LogP contribution is 2.22. The van der Waals surface area contributed by atoms with Crippen LogP contribution in [0.2, 0.25) is 0 Å². The molecule has 534 valence electrons. The minimum atomic E-state index is -1.75. The molecule has 11 amide bonds. The van der Waals surface area contributed by atoms with Gasteiger partial charge in [-0.2, -0.15) is 11.8 Å². The van der Waals surface area contributed by atoms with E-state index in [1.54, 1.807) is 30.9 Å². The monoisotopic (exact) mass is 1360 g/mol. The van der Waals surface area contributed by atoms with E-state index in [4.69, 9.17) is 16.9 Å². The van der Waals surface area contributed by atoms with Crippen LogP contribution in [0, 0.1) is 23.2 Å². The molecule has 1 aromatic carbocycles. The van der Waals surface area contributed by atoms with Crippen LogP contribution in [-0.4, -0.2) is 221 Å². The van der Waals surface area contributed by atoms with E-state index in [1.807, 2.05) is 52.1 Å². The molecule has 0 saturated carbocycles. The lowest BCUT2D eigenvalue weighted by molar-refractivity contribution is -0.143. The maximum atomic E-state index is 14.5. The molecule has 2 saturated heterocycles. The molecular formula is C63H106N16O15S. The minimum absolute atomic E-state index is 0.0178. The molecule has 31 nitrogen and oxygen atoms in total. The van der Waals surface area contributed by atoms with E-state index in [0.29, 0.717) is 50.9 Å². The summed E-state index contributed by atoms with van der Waals surface area (Å²) in [6.45, 7) is 11.7. The van der Waals surface area contributed by atoms with Crippen LogP contribution in [0.3, 0.4) is 0 Å². The largest absolute Gasteiger partial charge is 0.480 e. The predicted octanol–water partition coefficient (Wildman–Crippen LogP) is -2.81. The number of aliphatic carboxylic acids is 1. The van der Waals surface area contributed by atoms with E-state index in [-0.39, 0.29) is 100 Å². The van der Waals surface area contributed by atoms with Gasteiger partial charge in [-0.25, -0.2) is 4.79 Å². The number of rotatable bonds is 43. The molecule has 12 atom stereocenters. The molecule has 1 aromatic rings. The smallest absolute Gasteiger partial charge is 0.326 e. The van der Waals surface area contributed by atoms with Crippen molar-refractivity contribution in [1.29, 1.82) is 5.41 Å². The molecule has 2 aliphatic rings. The van der Waals surface area contributed by atoms with Crippen molar-refractivity contribution in [2.45, 2.75) is 211 Å². The van der Waals surface area contributed by atoms with Gasteiger partial charge in [0.1, 0.15) is 60.4 Å². The lowest BCUT2D eigenvalue weighted by Gasteiger charge is -2.30. The first-order valence-electron chi connectivity index (χ1n) is 32.9. The quantitative estimate of drug-likeness (QED) is 0.0178. The average Bonchev–Trinajstić information content (AvgIpc) is 1.71. The fraction of sp³-hybridized carbons (Fsp3) is 0.698. The number of amides is 11. The normalized spacial score (nSPS) is 17.6. The Hall–Kier alpha value is -7.68. The number of benzene rings is 1. The van der Waals surface area contributed by atoms with Crippen LogP contribution in [-0.2, 0) is 64.0 Å². The number of thioether (sulfide) groups is 1. The van der Waals surface area contributed by atoms with Gasteiger partial charge in [-0.05, 0) is 139 Å². The second kappa shape index (κ2) is 42.7. The van der Waals surface area contributed by atoms with Crippen molar-refractivity contribution in [3.8, 4) is 0 Å². The highest BCUT2D eigenvalue weighted by molar-refractivity contribution is 7.98. The van der Waals surface area contributed by atoms with Crippen LogP contribution in [0.5, 0.6) is 0 Å². The number of hydrogen-bond acceptors (Lipinski definition) is 18. The summed E-state index contributed by atoms with van der Waals surface area (Å²) in [5, 5.41) is 68.9. The van der Waals surface area contributed by atoms with Crippen LogP contribution < -0.4 is 75.3 Å².